The lowest BCUT2D eigenvalue weighted by Gasteiger charge is -2.26. The van der Waals surface area contributed by atoms with Crippen molar-refractivity contribution in [2.45, 2.75) is 37.8 Å². The van der Waals surface area contributed by atoms with E-state index in [1.165, 1.54) is 11.8 Å². The Morgan fingerprint density at radius 2 is 2.38 bits per heavy atom. The molecule has 2 unspecified atom stereocenters. The van der Waals surface area contributed by atoms with Gasteiger partial charge in [-0.1, -0.05) is 0 Å². The van der Waals surface area contributed by atoms with Crippen LogP contribution in [0.1, 0.15) is 25.7 Å². The number of amides is 1. The van der Waals surface area contributed by atoms with Gasteiger partial charge in [-0.3, -0.25) is 4.79 Å². The van der Waals surface area contributed by atoms with Crippen molar-refractivity contribution in [2.75, 3.05) is 12.0 Å². The molecule has 0 radical (unpaired) electrons. The van der Waals surface area contributed by atoms with Gasteiger partial charge >= 0.3 is 0 Å². The first-order valence-electron chi connectivity index (χ1n) is 4.68. The molecule has 0 spiro atoms. The highest BCUT2D eigenvalue weighted by Crippen LogP contribution is 2.18. The van der Waals surface area contributed by atoms with Gasteiger partial charge in [0.25, 0.3) is 0 Å². The lowest BCUT2D eigenvalue weighted by atomic mass is 9.93. The fourth-order valence-electron chi connectivity index (χ4n) is 1.70. The Morgan fingerprint density at radius 1 is 1.62 bits per heavy atom. The van der Waals surface area contributed by atoms with E-state index in [4.69, 9.17) is 0 Å². The van der Waals surface area contributed by atoms with Gasteiger partial charge in [-0.15, -0.1) is 0 Å². The molecule has 2 N–H and O–H groups in total. The van der Waals surface area contributed by atoms with Gasteiger partial charge in [-0.2, -0.15) is 11.8 Å². The quantitative estimate of drug-likeness (QED) is 0.712. The van der Waals surface area contributed by atoms with Crippen LogP contribution < -0.4 is 5.32 Å². The molecular formula is C9H17NO2S. The standard InChI is InChI=1S/C9H17NO2S/c1-13-6-9(12)10-7-3-2-4-8(11)5-7/h7-8,11H,2-6H2,1H3,(H,10,12). The maximum atomic E-state index is 11.2. The van der Waals surface area contributed by atoms with Gasteiger partial charge in [0.15, 0.2) is 0 Å². The van der Waals surface area contributed by atoms with Gasteiger partial charge in [-0.25, -0.2) is 0 Å². The van der Waals surface area contributed by atoms with Crippen molar-refractivity contribution in [1.82, 2.24) is 5.32 Å². The van der Waals surface area contributed by atoms with E-state index in [9.17, 15) is 9.90 Å². The topological polar surface area (TPSA) is 49.3 Å². The summed E-state index contributed by atoms with van der Waals surface area (Å²) < 4.78 is 0. The van der Waals surface area contributed by atoms with Crippen LogP contribution in [0, 0.1) is 0 Å². The normalized spacial score (nSPS) is 28.5. The summed E-state index contributed by atoms with van der Waals surface area (Å²) in [6, 6.07) is 0.198. The Bertz CT molecular complexity index is 175. The maximum Gasteiger partial charge on any atom is 0.230 e. The second-order valence-corrected chi connectivity index (χ2v) is 4.38. The van der Waals surface area contributed by atoms with Gasteiger partial charge in [0.2, 0.25) is 5.91 Å². The fraction of sp³-hybridized carbons (Fsp3) is 0.889. The highest BCUT2D eigenvalue weighted by molar-refractivity contribution is 7.99. The second-order valence-electron chi connectivity index (χ2n) is 3.52. The van der Waals surface area contributed by atoms with Crippen molar-refractivity contribution in [3.63, 3.8) is 0 Å². The number of rotatable bonds is 3. The molecule has 1 fully saturated rings. The summed E-state index contributed by atoms with van der Waals surface area (Å²) in [6.45, 7) is 0. The third-order valence-electron chi connectivity index (χ3n) is 2.29. The van der Waals surface area contributed by atoms with E-state index in [-0.39, 0.29) is 18.1 Å². The highest BCUT2D eigenvalue weighted by Gasteiger charge is 2.20. The Labute approximate surface area is 83.3 Å². The van der Waals surface area contributed by atoms with E-state index in [2.05, 4.69) is 5.32 Å². The van der Waals surface area contributed by atoms with Crippen molar-refractivity contribution < 1.29 is 9.90 Å². The third kappa shape index (κ3) is 4.00. The van der Waals surface area contributed by atoms with Crippen LogP contribution in [0.5, 0.6) is 0 Å². The Hall–Kier alpha value is -0.220. The number of carbonyl (C=O) groups excluding carboxylic acids is 1. The predicted octanol–water partition coefficient (Wildman–Crippen LogP) is 0.769. The fourth-order valence-corrected chi connectivity index (χ4v) is 2.04. The minimum Gasteiger partial charge on any atom is -0.393 e. The SMILES string of the molecule is CSCC(=O)NC1CCCC(O)C1. The van der Waals surface area contributed by atoms with Gasteiger partial charge in [-0.05, 0) is 31.9 Å². The molecule has 13 heavy (non-hydrogen) atoms. The number of nitrogens with one attached hydrogen (secondary N) is 1. The van der Waals surface area contributed by atoms with E-state index in [1.54, 1.807) is 0 Å². The molecule has 3 nitrogen and oxygen atoms in total. The zero-order chi connectivity index (χ0) is 9.68. The molecular weight excluding hydrogens is 186 g/mol. The molecule has 0 aliphatic heterocycles. The van der Waals surface area contributed by atoms with Crippen LogP contribution in [0.3, 0.4) is 0 Å². The van der Waals surface area contributed by atoms with Crippen LogP contribution in [-0.4, -0.2) is 35.2 Å². The summed E-state index contributed by atoms with van der Waals surface area (Å²) in [4.78, 5) is 11.2. The minimum absolute atomic E-state index is 0.0894. The molecule has 0 bridgehead atoms. The van der Waals surface area contributed by atoms with Crippen molar-refractivity contribution in [2.24, 2.45) is 0 Å². The number of thioether (sulfide) groups is 1. The number of aliphatic hydroxyl groups is 1. The van der Waals surface area contributed by atoms with Crippen molar-refractivity contribution >= 4 is 17.7 Å². The molecule has 2 atom stereocenters. The first-order valence-corrected chi connectivity index (χ1v) is 6.08. The zero-order valence-corrected chi connectivity index (χ0v) is 8.77. The van der Waals surface area contributed by atoms with Gasteiger partial charge in [0.1, 0.15) is 0 Å². The number of carbonyl (C=O) groups is 1. The Morgan fingerprint density at radius 3 is 3.00 bits per heavy atom. The summed E-state index contributed by atoms with van der Waals surface area (Å²) in [6.07, 6.45) is 5.33. The van der Waals surface area contributed by atoms with E-state index in [0.717, 1.165) is 25.7 Å². The van der Waals surface area contributed by atoms with Crippen molar-refractivity contribution in [1.29, 1.82) is 0 Å². The second kappa shape index (κ2) is 5.50. The summed E-state index contributed by atoms with van der Waals surface area (Å²) in [5.74, 6) is 0.610. The molecule has 0 aromatic heterocycles. The van der Waals surface area contributed by atoms with Crippen LogP contribution in [0.25, 0.3) is 0 Å². The van der Waals surface area contributed by atoms with E-state index in [0.29, 0.717) is 5.75 Å². The number of aliphatic hydroxyl groups excluding tert-OH is 1. The van der Waals surface area contributed by atoms with Crippen LogP contribution in [0.4, 0.5) is 0 Å². The minimum atomic E-state index is -0.215. The first-order chi connectivity index (χ1) is 6.22. The van der Waals surface area contributed by atoms with E-state index in [1.807, 2.05) is 6.26 Å². The van der Waals surface area contributed by atoms with Crippen LogP contribution >= 0.6 is 11.8 Å². The van der Waals surface area contributed by atoms with Crippen LogP contribution in [-0.2, 0) is 4.79 Å². The molecule has 1 aliphatic rings. The molecule has 1 rings (SSSR count). The maximum absolute atomic E-state index is 11.2. The summed E-state index contributed by atoms with van der Waals surface area (Å²) in [5.41, 5.74) is 0. The highest BCUT2D eigenvalue weighted by atomic mass is 32.2. The van der Waals surface area contributed by atoms with Crippen LogP contribution in [0.2, 0.25) is 0 Å². The largest absolute Gasteiger partial charge is 0.393 e. The molecule has 0 saturated heterocycles. The monoisotopic (exact) mass is 203 g/mol. The van der Waals surface area contributed by atoms with E-state index < -0.39 is 0 Å². The number of hydrogen-bond donors (Lipinski definition) is 2. The molecule has 0 aromatic carbocycles. The van der Waals surface area contributed by atoms with Crippen molar-refractivity contribution in [3.05, 3.63) is 0 Å². The molecule has 1 aliphatic carbocycles. The molecule has 0 aromatic rings. The lowest BCUT2D eigenvalue weighted by Crippen LogP contribution is -2.40. The molecule has 1 amide bonds. The van der Waals surface area contributed by atoms with Crippen molar-refractivity contribution in [3.8, 4) is 0 Å². The lowest BCUT2D eigenvalue weighted by molar-refractivity contribution is -0.119. The molecule has 0 heterocycles. The van der Waals surface area contributed by atoms with Gasteiger partial charge < -0.3 is 10.4 Å². The van der Waals surface area contributed by atoms with E-state index >= 15 is 0 Å². The summed E-state index contributed by atoms with van der Waals surface area (Å²) in [7, 11) is 0. The third-order valence-corrected chi connectivity index (χ3v) is 2.84. The average Bonchev–Trinajstić information content (AvgIpc) is 2.04. The van der Waals surface area contributed by atoms with Crippen LogP contribution in [0.15, 0.2) is 0 Å². The smallest absolute Gasteiger partial charge is 0.230 e. The number of hydrogen-bond acceptors (Lipinski definition) is 3. The first kappa shape index (κ1) is 10.9. The average molecular weight is 203 g/mol. The van der Waals surface area contributed by atoms with Gasteiger partial charge in [0.05, 0.1) is 11.9 Å². The summed E-state index contributed by atoms with van der Waals surface area (Å²) >= 11 is 1.52. The molecule has 4 heteroatoms. The Balaban J connectivity index is 2.23. The zero-order valence-electron chi connectivity index (χ0n) is 7.95. The predicted molar refractivity (Wildman–Crippen MR) is 54.8 cm³/mol. The van der Waals surface area contributed by atoms with Gasteiger partial charge in [0, 0.05) is 6.04 Å². The Kier molecular flexibility index (Phi) is 4.59. The molecule has 76 valence electrons. The summed E-state index contributed by atoms with van der Waals surface area (Å²) in [5, 5.41) is 12.3. The molecule has 1 saturated carbocycles.